The molecule has 0 aromatic heterocycles. The lowest BCUT2D eigenvalue weighted by Gasteiger charge is -2.15. The molecule has 0 spiro atoms. The molecule has 0 N–H and O–H groups in total. The van der Waals surface area contributed by atoms with Crippen molar-refractivity contribution in [1.29, 1.82) is 5.26 Å². The third-order valence-electron chi connectivity index (χ3n) is 3.24. The van der Waals surface area contributed by atoms with Gasteiger partial charge in [0.2, 0.25) is 0 Å². The summed E-state index contributed by atoms with van der Waals surface area (Å²) >= 11 is 0. The van der Waals surface area contributed by atoms with E-state index in [1.807, 2.05) is 6.92 Å². The minimum Gasteiger partial charge on any atom is -0.488 e. The number of nitrogens with zero attached hydrogens (tertiary/aromatic N) is 1. The summed E-state index contributed by atoms with van der Waals surface area (Å²) < 4.78 is 39.4. The Bertz CT molecular complexity index is 869. The average Bonchev–Trinajstić information content (AvgIpc) is 2.54. The van der Waals surface area contributed by atoms with Gasteiger partial charge in [-0.2, -0.15) is 5.26 Å². The van der Waals surface area contributed by atoms with Gasteiger partial charge in [0.25, 0.3) is 0 Å². The van der Waals surface area contributed by atoms with Gasteiger partial charge in [0, 0.05) is 19.4 Å². The summed E-state index contributed by atoms with van der Waals surface area (Å²) in [5, 5.41) is 9.16. The lowest BCUT2D eigenvalue weighted by molar-refractivity contribution is 0.0919. The highest BCUT2D eigenvalue weighted by Crippen LogP contribution is 2.28. The van der Waals surface area contributed by atoms with Gasteiger partial charge in [0.15, 0.2) is 9.84 Å². The highest BCUT2D eigenvalue weighted by atomic mass is 32.2. The topological polar surface area (TPSA) is 85.6 Å². The number of benzene rings is 2. The SMILES string of the molecule is COC[C@H](C)Oc1cc(C#N)cc(Oc2ccc(S(C)(=O)=O)cc2)c1. The van der Waals surface area contributed by atoms with Crippen molar-refractivity contribution < 1.29 is 22.6 Å². The highest BCUT2D eigenvalue weighted by molar-refractivity contribution is 7.90. The van der Waals surface area contributed by atoms with E-state index >= 15 is 0 Å². The minimum atomic E-state index is -3.26. The second-order valence-electron chi connectivity index (χ2n) is 5.53. The normalized spacial score (nSPS) is 12.2. The number of nitriles is 1. The molecule has 0 fully saturated rings. The molecule has 0 heterocycles. The molecule has 0 unspecified atom stereocenters. The van der Waals surface area contributed by atoms with Crippen molar-refractivity contribution in [3.63, 3.8) is 0 Å². The molecule has 0 aliphatic rings. The first-order valence-electron chi connectivity index (χ1n) is 7.50. The van der Waals surface area contributed by atoms with Gasteiger partial charge in [0.1, 0.15) is 23.4 Å². The van der Waals surface area contributed by atoms with E-state index in [2.05, 4.69) is 6.07 Å². The van der Waals surface area contributed by atoms with Crippen molar-refractivity contribution in [3.05, 3.63) is 48.0 Å². The molecular weight excluding hydrogens is 342 g/mol. The van der Waals surface area contributed by atoms with Crippen LogP contribution in [0.1, 0.15) is 12.5 Å². The van der Waals surface area contributed by atoms with Crippen LogP contribution < -0.4 is 9.47 Å². The first kappa shape index (κ1) is 18.8. The van der Waals surface area contributed by atoms with Gasteiger partial charge in [-0.1, -0.05) is 0 Å². The van der Waals surface area contributed by atoms with E-state index in [9.17, 15) is 8.42 Å². The number of sulfone groups is 1. The summed E-state index contributed by atoms with van der Waals surface area (Å²) in [5.74, 6) is 1.37. The Morgan fingerprint density at radius 1 is 1.08 bits per heavy atom. The fourth-order valence-corrected chi connectivity index (χ4v) is 2.79. The second kappa shape index (κ2) is 8.01. The van der Waals surface area contributed by atoms with Gasteiger partial charge in [0.05, 0.1) is 23.1 Å². The van der Waals surface area contributed by atoms with Crippen molar-refractivity contribution in [3.8, 4) is 23.3 Å². The molecule has 0 aliphatic carbocycles. The molecule has 1 atom stereocenters. The molecule has 2 aromatic rings. The van der Waals surface area contributed by atoms with Gasteiger partial charge in [-0.15, -0.1) is 0 Å². The zero-order valence-corrected chi connectivity index (χ0v) is 15.0. The van der Waals surface area contributed by atoms with Gasteiger partial charge in [-0.05, 0) is 43.3 Å². The number of methoxy groups -OCH3 is 1. The van der Waals surface area contributed by atoms with Crippen LogP contribution >= 0.6 is 0 Å². The van der Waals surface area contributed by atoms with E-state index in [-0.39, 0.29) is 11.0 Å². The van der Waals surface area contributed by atoms with Crippen molar-refractivity contribution >= 4 is 9.84 Å². The van der Waals surface area contributed by atoms with Crippen molar-refractivity contribution in [2.24, 2.45) is 0 Å². The van der Waals surface area contributed by atoms with E-state index in [0.717, 1.165) is 6.26 Å². The number of hydrogen-bond acceptors (Lipinski definition) is 6. The molecule has 2 aromatic carbocycles. The molecule has 0 radical (unpaired) electrons. The standard InChI is InChI=1S/C18H19NO5S/c1-13(12-22-2)23-16-8-14(11-19)9-17(10-16)24-15-4-6-18(7-5-15)25(3,20)21/h4-10,13H,12H2,1-3H3/t13-/m0/s1. The van der Waals surface area contributed by atoms with Crippen molar-refractivity contribution in [2.75, 3.05) is 20.0 Å². The molecular formula is C18H19NO5S. The van der Waals surface area contributed by atoms with Gasteiger partial charge in [-0.25, -0.2) is 8.42 Å². The zero-order chi connectivity index (χ0) is 18.4. The zero-order valence-electron chi connectivity index (χ0n) is 14.2. The molecule has 0 saturated heterocycles. The summed E-state index contributed by atoms with van der Waals surface area (Å²) in [5.41, 5.74) is 0.393. The molecule has 6 nitrogen and oxygen atoms in total. The molecule has 2 rings (SSSR count). The molecule has 0 amide bonds. The van der Waals surface area contributed by atoms with Crippen LogP contribution in [-0.4, -0.2) is 34.5 Å². The average molecular weight is 361 g/mol. The molecule has 132 valence electrons. The minimum absolute atomic E-state index is 0.180. The van der Waals surface area contributed by atoms with Crippen LogP contribution in [0, 0.1) is 11.3 Å². The Labute approximate surface area is 147 Å². The van der Waals surface area contributed by atoms with Crippen LogP contribution in [0.25, 0.3) is 0 Å². The van der Waals surface area contributed by atoms with Crippen LogP contribution in [-0.2, 0) is 14.6 Å². The number of rotatable bonds is 7. The smallest absolute Gasteiger partial charge is 0.175 e. The maximum Gasteiger partial charge on any atom is 0.175 e. The monoisotopic (exact) mass is 361 g/mol. The quantitative estimate of drug-likeness (QED) is 0.753. The molecule has 0 aliphatic heterocycles. The first-order valence-corrected chi connectivity index (χ1v) is 9.39. The summed E-state index contributed by atoms with van der Waals surface area (Å²) in [7, 11) is -1.68. The number of ether oxygens (including phenoxy) is 3. The summed E-state index contributed by atoms with van der Waals surface area (Å²) in [6.07, 6.45) is 0.963. The van der Waals surface area contributed by atoms with E-state index < -0.39 is 9.84 Å². The van der Waals surface area contributed by atoms with Crippen LogP contribution in [0.15, 0.2) is 47.4 Å². The van der Waals surface area contributed by atoms with Gasteiger partial charge in [-0.3, -0.25) is 0 Å². The third kappa shape index (κ3) is 5.48. The lowest BCUT2D eigenvalue weighted by atomic mass is 10.2. The van der Waals surface area contributed by atoms with Gasteiger partial charge >= 0.3 is 0 Å². The lowest BCUT2D eigenvalue weighted by Crippen LogP contribution is -2.17. The van der Waals surface area contributed by atoms with Crippen LogP contribution in [0.3, 0.4) is 0 Å². The summed E-state index contributed by atoms with van der Waals surface area (Å²) in [6.45, 7) is 2.27. The van der Waals surface area contributed by atoms with E-state index in [1.165, 1.54) is 12.1 Å². The molecule has 25 heavy (non-hydrogen) atoms. The Kier molecular flexibility index (Phi) is 6.02. The Morgan fingerprint density at radius 3 is 2.28 bits per heavy atom. The summed E-state index contributed by atoms with van der Waals surface area (Å²) in [4.78, 5) is 0.211. The maximum atomic E-state index is 11.5. The number of hydrogen-bond donors (Lipinski definition) is 0. The largest absolute Gasteiger partial charge is 0.488 e. The van der Waals surface area contributed by atoms with E-state index in [4.69, 9.17) is 19.5 Å². The Hall–Kier alpha value is -2.56. The van der Waals surface area contributed by atoms with Crippen LogP contribution in [0.2, 0.25) is 0 Å². The highest BCUT2D eigenvalue weighted by Gasteiger charge is 2.10. The first-order chi connectivity index (χ1) is 11.8. The fourth-order valence-electron chi connectivity index (χ4n) is 2.16. The Morgan fingerprint density at radius 2 is 1.72 bits per heavy atom. The van der Waals surface area contributed by atoms with Crippen LogP contribution in [0.5, 0.6) is 17.2 Å². The fraction of sp³-hybridized carbons (Fsp3) is 0.278. The third-order valence-corrected chi connectivity index (χ3v) is 4.36. The maximum absolute atomic E-state index is 11.5. The molecule has 7 heteroatoms. The predicted octanol–water partition coefficient (Wildman–Crippen LogP) is 3.17. The predicted molar refractivity (Wildman–Crippen MR) is 92.7 cm³/mol. The van der Waals surface area contributed by atoms with E-state index in [0.29, 0.717) is 29.4 Å². The van der Waals surface area contributed by atoms with E-state index in [1.54, 1.807) is 37.4 Å². The molecule has 0 saturated carbocycles. The summed E-state index contributed by atoms with van der Waals surface area (Å²) in [6, 6.07) is 13.0. The van der Waals surface area contributed by atoms with Crippen molar-refractivity contribution in [1.82, 2.24) is 0 Å². The molecule has 0 bridgehead atoms. The van der Waals surface area contributed by atoms with Crippen molar-refractivity contribution in [2.45, 2.75) is 17.9 Å². The van der Waals surface area contributed by atoms with Gasteiger partial charge < -0.3 is 14.2 Å². The van der Waals surface area contributed by atoms with Crippen LogP contribution in [0.4, 0.5) is 0 Å². The second-order valence-corrected chi connectivity index (χ2v) is 7.55. The Balaban J connectivity index is 2.22.